The van der Waals surface area contributed by atoms with Crippen molar-refractivity contribution >= 4 is 17.7 Å². The van der Waals surface area contributed by atoms with Crippen molar-refractivity contribution in [1.82, 2.24) is 15.8 Å². The SMILES string of the molecule is CN=C(NCc1c(C)noc1C)NCC1(C)CCCS1. The Bertz CT molecular complexity index is 458. The first-order chi connectivity index (χ1) is 9.54. The lowest BCUT2D eigenvalue weighted by Gasteiger charge is -2.24. The summed E-state index contributed by atoms with van der Waals surface area (Å²) in [7, 11) is 1.80. The lowest BCUT2D eigenvalue weighted by Crippen LogP contribution is -2.43. The Morgan fingerprint density at radius 3 is 2.80 bits per heavy atom. The quantitative estimate of drug-likeness (QED) is 0.659. The molecular formula is C14H24N4OS. The van der Waals surface area contributed by atoms with Gasteiger partial charge in [0, 0.05) is 30.4 Å². The maximum absolute atomic E-state index is 5.16. The predicted octanol–water partition coefficient (Wildman–Crippen LogP) is 2.24. The van der Waals surface area contributed by atoms with Crippen LogP contribution in [0.4, 0.5) is 0 Å². The Morgan fingerprint density at radius 2 is 2.25 bits per heavy atom. The highest BCUT2D eigenvalue weighted by molar-refractivity contribution is 8.00. The van der Waals surface area contributed by atoms with E-state index in [-0.39, 0.29) is 0 Å². The number of aliphatic imine (C=N–C) groups is 1. The Labute approximate surface area is 125 Å². The van der Waals surface area contributed by atoms with Gasteiger partial charge in [-0.15, -0.1) is 0 Å². The highest BCUT2D eigenvalue weighted by Crippen LogP contribution is 2.36. The second-order valence-electron chi connectivity index (χ2n) is 5.48. The number of aromatic nitrogens is 1. The Kier molecular flexibility index (Phi) is 4.96. The van der Waals surface area contributed by atoms with Crippen molar-refractivity contribution in [1.29, 1.82) is 0 Å². The molecule has 0 amide bonds. The van der Waals surface area contributed by atoms with Crippen molar-refractivity contribution < 1.29 is 4.52 Å². The molecule has 1 aliphatic rings. The van der Waals surface area contributed by atoms with E-state index in [1.54, 1.807) is 7.05 Å². The fraction of sp³-hybridized carbons (Fsp3) is 0.714. The maximum Gasteiger partial charge on any atom is 0.191 e. The van der Waals surface area contributed by atoms with E-state index in [0.29, 0.717) is 11.3 Å². The van der Waals surface area contributed by atoms with Crippen molar-refractivity contribution in [3.63, 3.8) is 0 Å². The molecule has 1 aromatic heterocycles. The first kappa shape index (κ1) is 15.2. The van der Waals surface area contributed by atoms with Gasteiger partial charge < -0.3 is 15.2 Å². The zero-order valence-electron chi connectivity index (χ0n) is 12.7. The fourth-order valence-corrected chi connectivity index (χ4v) is 3.64. The van der Waals surface area contributed by atoms with Gasteiger partial charge in [-0.05, 0) is 39.4 Å². The lowest BCUT2D eigenvalue weighted by molar-refractivity contribution is 0.392. The van der Waals surface area contributed by atoms with Crippen LogP contribution in [-0.4, -0.2) is 35.2 Å². The fourth-order valence-electron chi connectivity index (χ4n) is 2.39. The number of guanidine groups is 1. The predicted molar refractivity (Wildman–Crippen MR) is 84.3 cm³/mol. The van der Waals surface area contributed by atoms with E-state index in [0.717, 1.165) is 29.5 Å². The number of nitrogens with one attached hydrogen (secondary N) is 2. The standard InChI is InChI=1S/C14H24N4OS/c1-10-12(11(2)19-18-10)8-16-13(15-4)17-9-14(3)6-5-7-20-14/h5-9H2,1-4H3,(H2,15,16,17). The van der Waals surface area contributed by atoms with E-state index in [2.05, 4.69) is 27.7 Å². The summed E-state index contributed by atoms with van der Waals surface area (Å²) >= 11 is 2.05. The number of thioether (sulfide) groups is 1. The molecule has 1 unspecified atom stereocenters. The summed E-state index contributed by atoms with van der Waals surface area (Å²) in [6, 6.07) is 0. The van der Waals surface area contributed by atoms with Crippen molar-refractivity contribution in [3.05, 3.63) is 17.0 Å². The third-order valence-corrected chi connectivity index (χ3v) is 5.31. The minimum Gasteiger partial charge on any atom is -0.361 e. The van der Waals surface area contributed by atoms with Crippen LogP contribution in [0.5, 0.6) is 0 Å². The first-order valence-electron chi connectivity index (χ1n) is 7.04. The average Bonchev–Trinajstić information content (AvgIpc) is 2.99. The molecule has 0 saturated carbocycles. The van der Waals surface area contributed by atoms with Crippen LogP contribution in [0.25, 0.3) is 0 Å². The molecule has 0 spiro atoms. The first-order valence-corrected chi connectivity index (χ1v) is 8.03. The summed E-state index contributed by atoms with van der Waals surface area (Å²) < 4.78 is 5.50. The molecule has 20 heavy (non-hydrogen) atoms. The summed E-state index contributed by atoms with van der Waals surface area (Å²) in [5.41, 5.74) is 2.04. The topological polar surface area (TPSA) is 62.5 Å². The molecule has 0 aliphatic carbocycles. The summed E-state index contributed by atoms with van der Waals surface area (Å²) in [4.78, 5) is 4.27. The number of hydrogen-bond acceptors (Lipinski definition) is 4. The third kappa shape index (κ3) is 3.69. The van der Waals surface area contributed by atoms with Gasteiger partial charge >= 0.3 is 0 Å². The monoisotopic (exact) mass is 296 g/mol. The highest BCUT2D eigenvalue weighted by Gasteiger charge is 2.29. The molecule has 2 heterocycles. The summed E-state index contributed by atoms with van der Waals surface area (Å²) in [6.45, 7) is 7.84. The zero-order chi connectivity index (χ0) is 14.6. The second-order valence-corrected chi connectivity index (χ2v) is 7.17. The van der Waals surface area contributed by atoms with Crippen LogP contribution in [-0.2, 0) is 6.54 Å². The molecule has 1 fully saturated rings. The highest BCUT2D eigenvalue weighted by atomic mass is 32.2. The lowest BCUT2D eigenvalue weighted by atomic mass is 10.1. The molecule has 5 nitrogen and oxygen atoms in total. The smallest absolute Gasteiger partial charge is 0.191 e. The molecule has 2 rings (SSSR count). The molecule has 2 N–H and O–H groups in total. The van der Waals surface area contributed by atoms with Crippen LogP contribution in [0.2, 0.25) is 0 Å². The van der Waals surface area contributed by atoms with Crippen LogP contribution >= 0.6 is 11.8 Å². The largest absolute Gasteiger partial charge is 0.361 e. The van der Waals surface area contributed by atoms with Crippen LogP contribution in [0.15, 0.2) is 9.52 Å². The van der Waals surface area contributed by atoms with Crippen molar-refractivity contribution in [3.8, 4) is 0 Å². The minimum absolute atomic E-state index is 0.334. The van der Waals surface area contributed by atoms with Crippen molar-refractivity contribution in [2.24, 2.45) is 4.99 Å². The summed E-state index contributed by atoms with van der Waals surface area (Å²) in [5.74, 6) is 2.96. The van der Waals surface area contributed by atoms with Gasteiger partial charge in [-0.3, -0.25) is 4.99 Å². The van der Waals surface area contributed by atoms with E-state index in [4.69, 9.17) is 4.52 Å². The molecule has 0 aromatic carbocycles. The van der Waals surface area contributed by atoms with Gasteiger partial charge in [-0.1, -0.05) is 5.16 Å². The van der Waals surface area contributed by atoms with Gasteiger partial charge in [0.05, 0.1) is 5.69 Å². The third-order valence-electron chi connectivity index (χ3n) is 3.77. The van der Waals surface area contributed by atoms with Crippen LogP contribution in [0.1, 0.15) is 36.8 Å². The molecule has 1 aromatic rings. The number of rotatable bonds is 4. The van der Waals surface area contributed by atoms with E-state index in [9.17, 15) is 0 Å². The molecule has 1 saturated heterocycles. The number of hydrogen-bond donors (Lipinski definition) is 2. The van der Waals surface area contributed by atoms with Crippen LogP contribution < -0.4 is 10.6 Å². The van der Waals surface area contributed by atoms with E-state index in [1.807, 2.05) is 25.6 Å². The van der Waals surface area contributed by atoms with E-state index >= 15 is 0 Å². The second kappa shape index (κ2) is 6.52. The molecule has 0 radical (unpaired) electrons. The molecule has 6 heteroatoms. The Morgan fingerprint density at radius 1 is 1.45 bits per heavy atom. The molecule has 1 atom stereocenters. The van der Waals surface area contributed by atoms with Crippen LogP contribution in [0, 0.1) is 13.8 Å². The van der Waals surface area contributed by atoms with E-state index < -0.39 is 0 Å². The van der Waals surface area contributed by atoms with Crippen molar-refractivity contribution in [2.45, 2.75) is 44.9 Å². The summed E-state index contributed by atoms with van der Waals surface area (Å²) in [5, 5.41) is 10.7. The minimum atomic E-state index is 0.334. The van der Waals surface area contributed by atoms with Gasteiger partial charge in [-0.25, -0.2) is 0 Å². The molecule has 112 valence electrons. The maximum atomic E-state index is 5.16. The average molecular weight is 296 g/mol. The molecule has 0 bridgehead atoms. The summed E-state index contributed by atoms with van der Waals surface area (Å²) in [6.07, 6.45) is 2.58. The van der Waals surface area contributed by atoms with Crippen molar-refractivity contribution in [2.75, 3.05) is 19.3 Å². The van der Waals surface area contributed by atoms with Gasteiger partial charge in [0.15, 0.2) is 5.96 Å². The van der Waals surface area contributed by atoms with Crippen LogP contribution in [0.3, 0.4) is 0 Å². The Balaban J connectivity index is 1.84. The van der Waals surface area contributed by atoms with Gasteiger partial charge in [0.25, 0.3) is 0 Å². The molecular weight excluding hydrogens is 272 g/mol. The number of nitrogens with zero attached hydrogens (tertiary/aromatic N) is 2. The molecule has 1 aliphatic heterocycles. The van der Waals surface area contributed by atoms with Gasteiger partial charge in [-0.2, -0.15) is 11.8 Å². The normalized spacial score (nSPS) is 23.1. The van der Waals surface area contributed by atoms with Gasteiger partial charge in [0.1, 0.15) is 5.76 Å². The Hall–Kier alpha value is -1.17. The zero-order valence-corrected chi connectivity index (χ0v) is 13.6. The van der Waals surface area contributed by atoms with Gasteiger partial charge in [0.2, 0.25) is 0 Å². The number of aryl methyl sites for hydroxylation is 2. The van der Waals surface area contributed by atoms with E-state index in [1.165, 1.54) is 18.6 Å².